The highest BCUT2D eigenvalue weighted by atomic mass is 19.1. The number of benzene rings is 1. The largest absolute Gasteiger partial charge is 0.341 e. The smallest absolute Gasteiger partial charge is 0.259 e. The van der Waals surface area contributed by atoms with E-state index in [4.69, 9.17) is 4.52 Å². The number of halogens is 1. The molecule has 1 aromatic carbocycles. The van der Waals surface area contributed by atoms with Gasteiger partial charge in [-0.3, -0.25) is 4.79 Å². The molecule has 5 nitrogen and oxygen atoms in total. The van der Waals surface area contributed by atoms with Crippen molar-refractivity contribution in [2.24, 2.45) is 5.92 Å². The molecular formula is C19H20FN3O2. The average Bonchev–Trinajstić information content (AvgIpc) is 2.94. The second kappa shape index (κ2) is 6.63. The van der Waals surface area contributed by atoms with Crippen molar-refractivity contribution >= 4 is 17.0 Å². The summed E-state index contributed by atoms with van der Waals surface area (Å²) >= 11 is 0. The van der Waals surface area contributed by atoms with Gasteiger partial charge in [0.05, 0.1) is 22.3 Å². The van der Waals surface area contributed by atoms with Gasteiger partial charge in [-0.15, -0.1) is 0 Å². The van der Waals surface area contributed by atoms with E-state index in [0.29, 0.717) is 46.1 Å². The number of aryl methyl sites for hydroxylation is 1. The Morgan fingerprint density at radius 1 is 1.28 bits per heavy atom. The maximum absolute atomic E-state index is 13.2. The number of carbonyl (C=O) groups is 1. The normalized spacial score (nSPS) is 11.3. The number of pyridine rings is 1. The molecule has 2 heterocycles. The molecule has 0 aliphatic rings. The third-order valence-corrected chi connectivity index (χ3v) is 3.97. The summed E-state index contributed by atoms with van der Waals surface area (Å²) in [7, 11) is 1.77. The molecule has 3 rings (SSSR count). The summed E-state index contributed by atoms with van der Waals surface area (Å²) in [6, 6.07) is 7.69. The van der Waals surface area contributed by atoms with E-state index < -0.39 is 0 Å². The minimum absolute atomic E-state index is 0.115. The van der Waals surface area contributed by atoms with Gasteiger partial charge in [-0.1, -0.05) is 19.0 Å². The molecule has 0 bridgehead atoms. The Bertz CT molecular complexity index is 916. The molecule has 0 aliphatic carbocycles. The standard InChI is InChI=1S/C19H20FN3O2/c1-11(2)10-23(4)19(24)15-9-16(13-5-7-14(20)8-6-13)21-18-17(15)12(3)22-25-18/h5-9,11H,10H2,1-4H3. The van der Waals surface area contributed by atoms with Crippen LogP contribution in [0.15, 0.2) is 34.9 Å². The molecule has 0 aliphatic heterocycles. The van der Waals surface area contributed by atoms with Crippen LogP contribution in [0.25, 0.3) is 22.4 Å². The molecule has 3 aromatic rings. The monoisotopic (exact) mass is 341 g/mol. The van der Waals surface area contributed by atoms with Crippen molar-refractivity contribution in [1.82, 2.24) is 15.0 Å². The van der Waals surface area contributed by atoms with Gasteiger partial charge in [-0.25, -0.2) is 9.37 Å². The summed E-state index contributed by atoms with van der Waals surface area (Å²) in [5, 5.41) is 4.56. The van der Waals surface area contributed by atoms with Crippen LogP contribution in [0.5, 0.6) is 0 Å². The van der Waals surface area contributed by atoms with E-state index in [1.807, 2.05) is 0 Å². The Morgan fingerprint density at radius 2 is 1.96 bits per heavy atom. The van der Waals surface area contributed by atoms with Gasteiger partial charge in [0.1, 0.15) is 5.82 Å². The quantitative estimate of drug-likeness (QED) is 0.718. The summed E-state index contributed by atoms with van der Waals surface area (Å²) in [4.78, 5) is 19.1. The first-order valence-electron chi connectivity index (χ1n) is 8.15. The minimum Gasteiger partial charge on any atom is -0.341 e. The van der Waals surface area contributed by atoms with E-state index in [1.165, 1.54) is 12.1 Å². The molecule has 0 radical (unpaired) electrons. The summed E-state index contributed by atoms with van der Waals surface area (Å²) in [5.41, 5.74) is 2.67. The highest BCUT2D eigenvalue weighted by Gasteiger charge is 2.22. The van der Waals surface area contributed by atoms with Gasteiger partial charge >= 0.3 is 0 Å². The molecule has 0 N–H and O–H groups in total. The first-order valence-corrected chi connectivity index (χ1v) is 8.15. The summed E-state index contributed by atoms with van der Waals surface area (Å²) in [6.45, 7) is 6.53. The number of carbonyl (C=O) groups excluding carboxylic acids is 1. The van der Waals surface area contributed by atoms with Crippen molar-refractivity contribution in [1.29, 1.82) is 0 Å². The van der Waals surface area contributed by atoms with Crippen molar-refractivity contribution in [3.05, 3.63) is 47.4 Å². The first-order chi connectivity index (χ1) is 11.9. The third-order valence-electron chi connectivity index (χ3n) is 3.97. The SMILES string of the molecule is Cc1noc2nc(-c3ccc(F)cc3)cc(C(=O)N(C)CC(C)C)c12. The van der Waals surface area contributed by atoms with Crippen molar-refractivity contribution in [2.45, 2.75) is 20.8 Å². The Kier molecular flexibility index (Phi) is 4.53. The van der Waals surface area contributed by atoms with Crippen LogP contribution >= 0.6 is 0 Å². The predicted octanol–water partition coefficient (Wildman–Crippen LogP) is 4.07. The minimum atomic E-state index is -0.326. The van der Waals surface area contributed by atoms with E-state index in [2.05, 4.69) is 24.0 Å². The van der Waals surface area contributed by atoms with Crippen molar-refractivity contribution in [3.63, 3.8) is 0 Å². The maximum atomic E-state index is 13.2. The van der Waals surface area contributed by atoms with Crippen LogP contribution in [0.3, 0.4) is 0 Å². The molecule has 0 saturated heterocycles. The van der Waals surface area contributed by atoms with Crippen molar-refractivity contribution in [2.75, 3.05) is 13.6 Å². The molecule has 25 heavy (non-hydrogen) atoms. The summed E-state index contributed by atoms with van der Waals surface area (Å²) < 4.78 is 18.5. The molecule has 2 aromatic heterocycles. The number of hydrogen-bond acceptors (Lipinski definition) is 4. The first kappa shape index (κ1) is 17.1. The molecule has 6 heteroatoms. The van der Waals surface area contributed by atoms with Crippen LogP contribution in [0, 0.1) is 18.7 Å². The fourth-order valence-corrected chi connectivity index (χ4v) is 2.87. The van der Waals surface area contributed by atoms with Crippen LogP contribution in [-0.4, -0.2) is 34.5 Å². The summed E-state index contributed by atoms with van der Waals surface area (Å²) in [5.74, 6) is -0.0875. The molecular weight excluding hydrogens is 321 g/mol. The Morgan fingerprint density at radius 3 is 2.60 bits per heavy atom. The van der Waals surface area contributed by atoms with Crippen LogP contribution < -0.4 is 0 Å². The molecule has 130 valence electrons. The lowest BCUT2D eigenvalue weighted by Gasteiger charge is -2.20. The van der Waals surface area contributed by atoms with Crippen molar-refractivity contribution in [3.8, 4) is 11.3 Å². The number of fused-ring (bicyclic) bond motifs is 1. The lowest BCUT2D eigenvalue weighted by Crippen LogP contribution is -2.30. The maximum Gasteiger partial charge on any atom is 0.259 e. The van der Waals surface area contributed by atoms with Gasteiger partial charge in [0, 0.05) is 19.2 Å². The zero-order valence-corrected chi connectivity index (χ0v) is 14.7. The topological polar surface area (TPSA) is 59.2 Å². The fraction of sp³-hybridized carbons (Fsp3) is 0.316. The van der Waals surface area contributed by atoms with Gasteiger partial charge in [-0.05, 0) is 43.2 Å². The molecule has 0 atom stereocenters. The Hall–Kier alpha value is -2.76. The van der Waals surface area contributed by atoms with Gasteiger partial charge in [0.2, 0.25) is 0 Å². The van der Waals surface area contributed by atoms with Gasteiger partial charge in [-0.2, -0.15) is 0 Å². The number of nitrogens with zero attached hydrogens (tertiary/aromatic N) is 3. The van der Waals surface area contributed by atoms with Crippen LogP contribution in [0.1, 0.15) is 29.9 Å². The second-order valence-electron chi connectivity index (χ2n) is 6.59. The van der Waals surface area contributed by atoms with E-state index in [1.54, 1.807) is 37.1 Å². The molecule has 0 fully saturated rings. The lowest BCUT2D eigenvalue weighted by molar-refractivity contribution is 0.0781. The average molecular weight is 341 g/mol. The van der Waals surface area contributed by atoms with E-state index in [-0.39, 0.29) is 11.7 Å². The van der Waals surface area contributed by atoms with Gasteiger partial charge < -0.3 is 9.42 Å². The molecule has 0 spiro atoms. The number of aromatic nitrogens is 2. The van der Waals surface area contributed by atoms with Gasteiger partial charge in [0.15, 0.2) is 0 Å². The predicted molar refractivity (Wildman–Crippen MR) is 93.7 cm³/mol. The molecule has 1 amide bonds. The van der Waals surface area contributed by atoms with Crippen LogP contribution in [-0.2, 0) is 0 Å². The second-order valence-corrected chi connectivity index (χ2v) is 6.59. The zero-order valence-electron chi connectivity index (χ0n) is 14.7. The molecule has 0 unspecified atom stereocenters. The van der Waals surface area contributed by atoms with E-state index in [0.717, 1.165) is 0 Å². The zero-order chi connectivity index (χ0) is 18.1. The number of hydrogen-bond donors (Lipinski definition) is 0. The molecule has 0 saturated carbocycles. The van der Waals surface area contributed by atoms with Crippen LogP contribution in [0.2, 0.25) is 0 Å². The highest BCUT2D eigenvalue weighted by Crippen LogP contribution is 2.28. The Balaban J connectivity index is 2.13. The van der Waals surface area contributed by atoms with E-state index in [9.17, 15) is 9.18 Å². The van der Waals surface area contributed by atoms with E-state index >= 15 is 0 Å². The highest BCUT2D eigenvalue weighted by molar-refractivity contribution is 6.06. The lowest BCUT2D eigenvalue weighted by atomic mass is 10.0. The third kappa shape index (κ3) is 3.38. The van der Waals surface area contributed by atoms with Crippen molar-refractivity contribution < 1.29 is 13.7 Å². The van der Waals surface area contributed by atoms with Crippen LogP contribution in [0.4, 0.5) is 4.39 Å². The Labute approximate surface area is 145 Å². The number of amides is 1. The fourth-order valence-electron chi connectivity index (χ4n) is 2.87. The van der Waals surface area contributed by atoms with Gasteiger partial charge in [0.25, 0.3) is 11.6 Å². The number of rotatable bonds is 4. The summed E-state index contributed by atoms with van der Waals surface area (Å²) in [6.07, 6.45) is 0.